The number of sulfonamides is 1. The molecule has 0 saturated heterocycles. The number of alkyl halides is 3. The maximum Gasteiger partial charge on any atom is 0.416 e. The van der Waals surface area contributed by atoms with E-state index in [0.717, 1.165) is 39.6 Å². The van der Waals surface area contributed by atoms with E-state index in [1.54, 1.807) is 12.4 Å². The van der Waals surface area contributed by atoms with Crippen LogP contribution in [-0.4, -0.2) is 43.8 Å². The number of hydrogen-bond acceptors (Lipinski definition) is 7. The first kappa shape index (κ1) is 27.5. The van der Waals surface area contributed by atoms with Gasteiger partial charge in [0.25, 0.3) is 0 Å². The molecule has 12 heteroatoms. The summed E-state index contributed by atoms with van der Waals surface area (Å²) in [6, 6.07) is 12.4. The van der Waals surface area contributed by atoms with E-state index < -0.39 is 21.8 Å². The van der Waals surface area contributed by atoms with Gasteiger partial charge in [-0.1, -0.05) is 41.5 Å². The van der Waals surface area contributed by atoms with Crippen LogP contribution in [0.25, 0.3) is 21.2 Å². The van der Waals surface area contributed by atoms with E-state index in [-0.39, 0.29) is 12.6 Å². The third kappa shape index (κ3) is 7.52. The Morgan fingerprint density at radius 3 is 2.58 bits per heavy atom. The predicted octanol–water partition coefficient (Wildman–Crippen LogP) is 4.26. The minimum absolute atomic E-state index is 0.0556. The molecule has 2 aromatic carbocycles. The number of aromatic nitrogens is 2. The first-order chi connectivity index (χ1) is 18.0. The van der Waals surface area contributed by atoms with Crippen LogP contribution >= 0.6 is 11.3 Å². The summed E-state index contributed by atoms with van der Waals surface area (Å²) >= 11 is 1.38. The van der Waals surface area contributed by atoms with Crippen LogP contribution in [0.15, 0.2) is 60.9 Å². The molecule has 4 N–H and O–H groups in total. The molecule has 4 aromatic rings. The molecule has 0 amide bonds. The third-order valence-corrected chi connectivity index (χ3v) is 7.18. The zero-order valence-electron chi connectivity index (χ0n) is 20.2. The molecule has 1 atom stereocenters. The fraction of sp³-hybridized carbons (Fsp3) is 0.231. The molecule has 0 bridgehead atoms. The molecule has 0 spiro atoms. The van der Waals surface area contributed by atoms with Crippen molar-refractivity contribution in [3.8, 4) is 22.3 Å². The molecule has 4 rings (SSSR count). The van der Waals surface area contributed by atoms with Crippen LogP contribution in [0.5, 0.6) is 0 Å². The van der Waals surface area contributed by atoms with Crippen molar-refractivity contribution < 1.29 is 21.6 Å². The lowest BCUT2D eigenvalue weighted by molar-refractivity contribution is -0.137. The molecular formula is C26H24F3N5O2S2. The normalized spacial score (nSPS) is 12.7. The Balaban J connectivity index is 1.51. The summed E-state index contributed by atoms with van der Waals surface area (Å²) in [7, 11) is -3.37. The Bertz CT molecular complexity index is 1590. The minimum atomic E-state index is -4.38. The maximum atomic E-state index is 12.8. The van der Waals surface area contributed by atoms with Crippen molar-refractivity contribution in [3.05, 3.63) is 77.7 Å². The van der Waals surface area contributed by atoms with Gasteiger partial charge in [0.2, 0.25) is 10.0 Å². The average Bonchev–Trinajstić information content (AvgIpc) is 3.27. The van der Waals surface area contributed by atoms with Crippen molar-refractivity contribution in [1.29, 1.82) is 0 Å². The highest BCUT2D eigenvalue weighted by Crippen LogP contribution is 2.34. The Kier molecular flexibility index (Phi) is 8.32. The average molecular weight is 560 g/mol. The van der Waals surface area contributed by atoms with Crippen molar-refractivity contribution in [2.45, 2.75) is 18.6 Å². The summed E-state index contributed by atoms with van der Waals surface area (Å²) in [6.45, 7) is 0.278. The van der Waals surface area contributed by atoms with Crippen LogP contribution < -0.4 is 15.8 Å². The Hall–Kier alpha value is -3.50. The van der Waals surface area contributed by atoms with Gasteiger partial charge in [0.15, 0.2) is 5.13 Å². The second kappa shape index (κ2) is 11.5. The number of hydrogen-bond donors (Lipinski definition) is 3. The van der Waals surface area contributed by atoms with Crippen LogP contribution in [0, 0.1) is 11.8 Å². The molecule has 0 aliphatic rings. The second-order valence-electron chi connectivity index (χ2n) is 8.57. The molecule has 2 aromatic heterocycles. The van der Waals surface area contributed by atoms with E-state index in [0.29, 0.717) is 29.4 Å². The molecule has 38 heavy (non-hydrogen) atoms. The zero-order chi connectivity index (χ0) is 27.3. The highest BCUT2D eigenvalue weighted by Gasteiger charge is 2.30. The first-order valence-electron chi connectivity index (χ1n) is 11.4. The van der Waals surface area contributed by atoms with Crippen LogP contribution in [0.3, 0.4) is 0 Å². The number of rotatable bonds is 8. The summed E-state index contributed by atoms with van der Waals surface area (Å²) in [5.74, 6) is 5.74. The number of nitrogens with one attached hydrogen (secondary N) is 2. The number of fused-ring (bicyclic) bond motifs is 1. The number of halogens is 3. The van der Waals surface area contributed by atoms with Gasteiger partial charge in [-0.15, -0.1) is 0 Å². The van der Waals surface area contributed by atoms with Crippen LogP contribution in [0.1, 0.15) is 16.8 Å². The quantitative estimate of drug-likeness (QED) is 0.279. The van der Waals surface area contributed by atoms with E-state index in [1.165, 1.54) is 23.5 Å². The SMILES string of the molecule is CS(=O)(=O)NCC#Cc1nc(NC[C@@H](N)Cc2ccc(C(F)(F)F)cc2)sc1-c1ccc2cnccc2c1. The number of pyridine rings is 1. The number of nitrogens with two attached hydrogens (primary N) is 1. The second-order valence-corrected chi connectivity index (χ2v) is 11.4. The van der Waals surface area contributed by atoms with Gasteiger partial charge in [-0.2, -0.15) is 13.2 Å². The molecule has 2 heterocycles. The Morgan fingerprint density at radius 1 is 1.11 bits per heavy atom. The number of thiazole rings is 1. The molecule has 0 aliphatic carbocycles. The number of nitrogens with zero attached hydrogens (tertiary/aromatic N) is 2. The first-order valence-corrected chi connectivity index (χ1v) is 14.1. The van der Waals surface area contributed by atoms with E-state index in [2.05, 4.69) is 31.8 Å². The van der Waals surface area contributed by atoms with Gasteiger partial charge in [-0.25, -0.2) is 18.1 Å². The topological polar surface area (TPSA) is 110 Å². The molecule has 198 valence electrons. The third-order valence-electron chi connectivity index (χ3n) is 5.45. The van der Waals surface area contributed by atoms with Gasteiger partial charge >= 0.3 is 6.18 Å². The zero-order valence-corrected chi connectivity index (χ0v) is 21.8. The molecular weight excluding hydrogens is 535 g/mol. The van der Waals surface area contributed by atoms with Crippen molar-refractivity contribution in [2.75, 3.05) is 24.7 Å². The summed E-state index contributed by atoms with van der Waals surface area (Å²) in [4.78, 5) is 9.51. The fourth-order valence-electron chi connectivity index (χ4n) is 3.62. The number of benzene rings is 2. The van der Waals surface area contributed by atoms with Gasteiger partial charge in [0, 0.05) is 30.4 Å². The molecule has 0 unspecified atom stereocenters. The van der Waals surface area contributed by atoms with Gasteiger partial charge in [-0.05, 0) is 53.1 Å². The van der Waals surface area contributed by atoms with Crippen LogP contribution in [0.2, 0.25) is 0 Å². The lowest BCUT2D eigenvalue weighted by Crippen LogP contribution is -2.31. The Labute approximate surface area is 222 Å². The molecule has 0 saturated carbocycles. The molecule has 0 aliphatic heterocycles. The van der Waals surface area contributed by atoms with Gasteiger partial charge < -0.3 is 11.1 Å². The van der Waals surface area contributed by atoms with E-state index in [1.807, 2.05) is 24.3 Å². The van der Waals surface area contributed by atoms with E-state index >= 15 is 0 Å². The molecule has 7 nitrogen and oxygen atoms in total. The van der Waals surface area contributed by atoms with Crippen molar-refractivity contribution in [2.24, 2.45) is 5.73 Å². The van der Waals surface area contributed by atoms with Crippen LogP contribution in [-0.2, 0) is 22.6 Å². The largest absolute Gasteiger partial charge is 0.416 e. The summed E-state index contributed by atoms with van der Waals surface area (Å²) in [5, 5.41) is 5.74. The summed E-state index contributed by atoms with van der Waals surface area (Å²) in [6.07, 6.45) is 0.540. The van der Waals surface area contributed by atoms with Gasteiger partial charge in [0.1, 0.15) is 5.69 Å². The maximum absolute atomic E-state index is 12.8. The van der Waals surface area contributed by atoms with Gasteiger partial charge in [-0.3, -0.25) is 4.98 Å². The minimum Gasteiger partial charge on any atom is -0.360 e. The smallest absolute Gasteiger partial charge is 0.360 e. The fourth-order valence-corrected chi connectivity index (χ4v) is 4.88. The van der Waals surface area contributed by atoms with E-state index in [4.69, 9.17) is 5.73 Å². The van der Waals surface area contributed by atoms with Crippen molar-refractivity contribution in [1.82, 2.24) is 14.7 Å². The highest BCUT2D eigenvalue weighted by molar-refractivity contribution is 7.88. The lowest BCUT2D eigenvalue weighted by Gasteiger charge is -2.13. The molecule has 0 radical (unpaired) electrons. The summed E-state index contributed by atoms with van der Waals surface area (Å²) in [5.41, 5.74) is 7.60. The highest BCUT2D eigenvalue weighted by atomic mass is 32.2. The van der Waals surface area contributed by atoms with Crippen molar-refractivity contribution >= 4 is 37.3 Å². The predicted molar refractivity (Wildman–Crippen MR) is 144 cm³/mol. The van der Waals surface area contributed by atoms with Crippen LogP contribution in [0.4, 0.5) is 18.3 Å². The lowest BCUT2D eigenvalue weighted by atomic mass is 10.0. The monoisotopic (exact) mass is 559 g/mol. The van der Waals surface area contributed by atoms with Crippen molar-refractivity contribution in [3.63, 3.8) is 0 Å². The molecule has 0 fully saturated rings. The number of anilines is 1. The summed E-state index contributed by atoms with van der Waals surface area (Å²) < 4.78 is 63.4. The standard InChI is InChI=1S/C26H24F3N5O2S2/c1-38(35,36)33-11-2-3-23-24(19-6-7-20-15-31-12-10-18(20)14-19)37-25(34-23)32-16-22(30)13-17-4-8-21(9-5-17)26(27,28)29/h4-10,12,14-15,22,33H,11,13,16,30H2,1H3,(H,32,34)/t22-/m0/s1. The van der Waals surface area contributed by atoms with Gasteiger partial charge in [0.05, 0.1) is 23.2 Å². The Morgan fingerprint density at radius 2 is 1.87 bits per heavy atom. The van der Waals surface area contributed by atoms with E-state index in [9.17, 15) is 21.6 Å².